The molecule has 0 spiro atoms. The topological polar surface area (TPSA) is 72.7 Å². The molecule has 0 saturated heterocycles. The van der Waals surface area contributed by atoms with Crippen LogP contribution in [0, 0.1) is 20.8 Å². The van der Waals surface area contributed by atoms with Crippen LogP contribution in [0.15, 0.2) is 42.5 Å². The molecule has 0 fully saturated rings. The van der Waals surface area contributed by atoms with Gasteiger partial charge < -0.3 is 24.5 Å². The average molecular weight is 406 g/mol. The molecular weight excluding hydrogens is 380 g/mol. The van der Waals surface area contributed by atoms with Gasteiger partial charge in [-0.3, -0.25) is 0 Å². The molecule has 0 radical (unpaired) electrons. The maximum absolute atomic E-state index is 12.0. The summed E-state index contributed by atoms with van der Waals surface area (Å²) in [6.07, 6.45) is 0. The first kappa shape index (κ1) is 20.0. The predicted molar refractivity (Wildman–Crippen MR) is 114 cm³/mol. The van der Waals surface area contributed by atoms with E-state index < -0.39 is 5.97 Å². The number of benzene rings is 2. The van der Waals surface area contributed by atoms with Crippen molar-refractivity contribution in [1.29, 1.82) is 0 Å². The highest BCUT2D eigenvalue weighted by Crippen LogP contribution is 2.32. The number of ether oxygens (including phenoxy) is 2. The van der Waals surface area contributed by atoms with E-state index in [-0.39, 0.29) is 6.79 Å². The molecule has 4 rings (SSSR count). The number of carboxylic acids is 1. The Kier molecular flexibility index (Phi) is 5.50. The van der Waals surface area contributed by atoms with Crippen LogP contribution in [0.1, 0.15) is 44.0 Å². The molecule has 0 unspecified atom stereocenters. The molecule has 0 atom stereocenters. The number of hydrogen-bond donors (Lipinski definition) is 2. The highest BCUT2D eigenvalue weighted by Gasteiger charge is 2.22. The number of aromatic nitrogens is 1. The van der Waals surface area contributed by atoms with Gasteiger partial charge in [0.15, 0.2) is 11.5 Å². The van der Waals surface area contributed by atoms with Crippen molar-refractivity contribution in [2.75, 3.05) is 6.79 Å². The molecule has 6 heteroatoms. The third-order valence-corrected chi connectivity index (χ3v) is 5.65. The summed E-state index contributed by atoms with van der Waals surface area (Å²) in [5, 5.41) is 13.2. The highest BCUT2D eigenvalue weighted by molar-refractivity contribution is 5.91. The van der Waals surface area contributed by atoms with Crippen molar-refractivity contribution in [3.05, 3.63) is 81.7 Å². The van der Waals surface area contributed by atoms with E-state index in [1.807, 2.05) is 32.0 Å². The number of aryl methyl sites for hydroxylation is 1. The molecule has 1 aromatic heterocycles. The van der Waals surface area contributed by atoms with E-state index in [0.29, 0.717) is 25.2 Å². The normalized spacial score (nSPS) is 12.4. The van der Waals surface area contributed by atoms with Crippen molar-refractivity contribution in [1.82, 2.24) is 9.88 Å². The van der Waals surface area contributed by atoms with E-state index in [4.69, 9.17) is 9.47 Å². The van der Waals surface area contributed by atoms with Crippen LogP contribution in [0.3, 0.4) is 0 Å². The molecule has 30 heavy (non-hydrogen) atoms. The van der Waals surface area contributed by atoms with E-state index in [9.17, 15) is 9.90 Å². The maximum atomic E-state index is 12.0. The summed E-state index contributed by atoms with van der Waals surface area (Å²) in [6.45, 7) is 7.92. The van der Waals surface area contributed by atoms with Crippen molar-refractivity contribution in [2.24, 2.45) is 0 Å². The zero-order valence-electron chi connectivity index (χ0n) is 17.5. The number of rotatable bonds is 7. The lowest BCUT2D eigenvalue weighted by atomic mass is 10.1. The number of nitrogens with zero attached hydrogens (tertiary/aromatic N) is 1. The molecule has 2 heterocycles. The minimum atomic E-state index is -0.891. The predicted octanol–water partition coefficient (Wildman–Crippen LogP) is 4.18. The van der Waals surface area contributed by atoms with Crippen LogP contribution in [-0.4, -0.2) is 22.4 Å². The molecule has 2 aromatic carbocycles. The van der Waals surface area contributed by atoms with Gasteiger partial charge in [-0.25, -0.2) is 4.79 Å². The number of nitrogens with one attached hydrogen (secondary N) is 1. The summed E-state index contributed by atoms with van der Waals surface area (Å²) >= 11 is 0. The second-order valence-corrected chi connectivity index (χ2v) is 7.69. The summed E-state index contributed by atoms with van der Waals surface area (Å²) in [5.74, 6) is 0.613. The zero-order chi connectivity index (χ0) is 21.3. The van der Waals surface area contributed by atoms with Crippen molar-refractivity contribution in [3.8, 4) is 11.5 Å². The molecule has 0 bridgehead atoms. The molecule has 1 aliphatic heterocycles. The standard InChI is InChI=1S/C24H26N2O4/c1-15-4-6-18(7-5-15)13-26-16(2)20(23(17(26)3)24(27)28)12-25-11-19-8-9-21-22(10-19)30-14-29-21/h4-10,25H,11-14H2,1-3H3,(H,27,28). The number of fused-ring (bicyclic) bond motifs is 1. The van der Waals surface area contributed by atoms with Crippen molar-refractivity contribution < 1.29 is 19.4 Å². The first-order valence-corrected chi connectivity index (χ1v) is 10.0. The van der Waals surface area contributed by atoms with Crippen LogP contribution in [0.4, 0.5) is 0 Å². The molecule has 2 N–H and O–H groups in total. The van der Waals surface area contributed by atoms with Gasteiger partial charge in [-0.2, -0.15) is 0 Å². The number of hydrogen-bond acceptors (Lipinski definition) is 4. The Bertz CT molecular complexity index is 1080. The molecule has 0 saturated carbocycles. The summed E-state index contributed by atoms with van der Waals surface area (Å²) in [4.78, 5) is 12.0. The van der Waals surface area contributed by atoms with Crippen LogP contribution < -0.4 is 14.8 Å². The van der Waals surface area contributed by atoms with Crippen LogP contribution in [0.25, 0.3) is 0 Å². The van der Waals surface area contributed by atoms with Crippen molar-refractivity contribution in [3.63, 3.8) is 0 Å². The first-order valence-electron chi connectivity index (χ1n) is 10.0. The van der Waals surface area contributed by atoms with Crippen LogP contribution in [0.2, 0.25) is 0 Å². The van der Waals surface area contributed by atoms with Gasteiger partial charge in [-0.15, -0.1) is 0 Å². The number of aromatic carboxylic acids is 1. The summed E-state index contributed by atoms with van der Waals surface area (Å²) in [6, 6.07) is 14.2. The fourth-order valence-electron chi connectivity index (χ4n) is 3.94. The van der Waals surface area contributed by atoms with Crippen LogP contribution in [-0.2, 0) is 19.6 Å². The third kappa shape index (κ3) is 3.91. The van der Waals surface area contributed by atoms with E-state index in [1.54, 1.807) is 0 Å². The first-order chi connectivity index (χ1) is 14.4. The average Bonchev–Trinajstić information content (AvgIpc) is 3.27. The van der Waals surface area contributed by atoms with Crippen molar-refractivity contribution in [2.45, 2.75) is 40.4 Å². The third-order valence-electron chi connectivity index (χ3n) is 5.65. The van der Waals surface area contributed by atoms with Crippen LogP contribution in [0.5, 0.6) is 11.5 Å². The second kappa shape index (κ2) is 8.24. The number of carbonyl (C=O) groups is 1. The SMILES string of the molecule is Cc1ccc(Cn2c(C)c(CNCc3ccc4c(c3)OCO4)c(C(=O)O)c2C)cc1. The van der Waals surface area contributed by atoms with Gasteiger partial charge in [0, 0.05) is 36.6 Å². The molecule has 6 nitrogen and oxygen atoms in total. The number of carboxylic acid groups (broad SMARTS) is 1. The minimum absolute atomic E-state index is 0.251. The molecule has 1 aliphatic rings. The molecule has 0 aliphatic carbocycles. The van der Waals surface area contributed by atoms with E-state index in [2.05, 4.69) is 41.1 Å². The summed E-state index contributed by atoms with van der Waals surface area (Å²) in [7, 11) is 0. The van der Waals surface area contributed by atoms with Gasteiger partial charge in [0.1, 0.15) is 0 Å². The molecule has 3 aromatic rings. The lowest BCUT2D eigenvalue weighted by molar-refractivity contribution is 0.0694. The Balaban J connectivity index is 1.53. The second-order valence-electron chi connectivity index (χ2n) is 7.69. The monoisotopic (exact) mass is 406 g/mol. The fraction of sp³-hybridized carbons (Fsp3) is 0.292. The fourth-order valence-corrected chi connectivity index (χ4v) is 3.94. The largest absolute Gasteiger partial charge is 0.478 e. The summed E-state index contributed by atoms with van der Waals surface area (Å²) < 4.78 is 12.9. The quantitative estimate of drug-likeness (QED) is 0.616. The zero-order valence-corrected chi connectivity index (χ0v) is 17.5. The van der Waals surface area contributed by atoms with Gasteiger partial charge >= 0.3 is 5.97 Å². The van der Waals surface area contributed by atoms with Gasteiger partial charge in [0.2, 0.25) is 6.79 Å². The maximum Gasteiger partial charge on any atom is 0.337 e. The van der Waals surface area contributed by atoms with Gasteiger partial charge in [0.25, 0.3) is 0 Å². The molecular formula is C24H26N2O4. The van der Waals surface area contributed by atoms with E-state index >= 15 is 0 Å². The Labute approximate surface area is 176 Å². The highest BCUT2D eigenvalue weighted by atomic mass is 16.7. The molecule has 156 valence electrons. The van der Waals surface area contributed by atoms with Gasteiger partial charge in [-0.05, 0) is 44.0 Å². The minimum Gasteiger partial charge on any atom is -0.478 e. The van der Waals surface area contributed by atoms with E-state index in [1.165, 1.54) is 5.56 Å². The lowest BCUT2D eigenvalue weighted by Gasteiger charge is -2.11. The van der Waals surface area contributed by atoms with Gasteiger partial charge in [-0.1, -0.05) is 35.9 Å². The lowest BCUT2D eigenvalue weighted by Crippen LogP contribution is -2.15. The smallest absolute Gasteiger partial charge is 0.337 e. The summed E-state index contributed by atoms with van der Waals surface area (Å²) in [5.41, 5.74) is 6.39. The Morgan fingerprint density at radius 3 is 2.40 bits per heavy atom. The van der Waals surface area contributed by atoms with E-state index in [0.717, 1.165) is 39.6 Å². The Morgan fingerprint density at radius 2 is 1.67 bits per heavy atom. The molecule has 0 amide bonds. The van der Waals surface area contributed by atoms with Crippen LogP contribution >= 0.6 is 0 Å². The Hall–Kier alpha value is -3.25. The van der Waals surface area contributed by atoms with Crippen molar-refractivity contribution >= 4 is 5.97 Å². The Morgan fingerprint density at radius 1 is 0.967 bits per heavy atom. The van der Waals surface area contributed by atoms with Gasteiger partial charge in [0.05, 0.1) is 5.56 Å².